The van der Waals surface area contributed by atoms with Crippen LogP contribution >= 0.6 is 0 Å². The van der Waals surface area contributed by atoms with Crippen LogP contribution in [0.3, 0.4) is 0 Å². The molecule has 0 aromatic carbocycles. The first-order valence-corrected chi connectivity index (χ1v) is 12.1. The van der Waals surface area contributed by atoms with Gasteiger partial charge in [-0.05, 0) is 90.1 Å². The van der Waals surface area contributed by atoms with Gasteiger partial charge < -0.3 is 14.4 Å². The highest BCUT2D eigenvalue weighted by Crippen LogP contribution is 2.26. The van der Waals surface area contributed by atoms with E-state index in [4.69, 9.17) is 14.5 Å². The van der Waals surface area contributed by atoms with E-state index in [0.29, 0.717) is 19.7 Å². The average Bonchev–Trinajstić information content (AvgIpc) is 3.12. The monoisotopic (exact) mass is 453 g/mol. The van der Waals surface area contributed by atoms with Crippen LogP contribution in [0.1, 0.15) is 62.7 Å². The third-order valence-electron chi connectivity index (χ3n) is 5.79. The molecule has 0 saturated carbocycles. The predicted molar refractivity (Wildman–Crippen MR) is 130 cm³/mol. The summed E-state index contributed by atoms with van der Waals surface area (Å²) in [7, 11) is 0. The first-order valence-electron chi connectivity index (χ1n) is 12.1. The summed E-state index contributed by atoms with van der Waals surface area (Å²) in [5, 5.41) is 0. The number of ether oxygens (including phenoxy) is 2. The first kappa shape index (κ1) is 25.2. The molecule has 1 aliphatic rings. The number of carbonyl (C=O) groups is 1. The SMILES string of the molecule is Cc1cc(C)nc(C[C@@H]2CN(C(=O)OC(C)(C)C)C[C@@H]2OCCCCCc2ccccn2)c1. The van der Waals surface area contributed by atoms with Crippen molar-refractivity contribution in [2.45, 2.75) is 78.4 Å². The van der Waals surface area contributed by atoms with Gasteiger partial charge in [0.15, 0.2) is 0 Å². The number of pyridine rings is 2. The molecular weight excluding hydrogens is 414 g/mol. The number of hydrogen-bond donors (Lipinski definition) is 0. The minimum Gasteiger partial charge on any atom is -0.444 e. The minimum absolute atomic E-state index is 0.00377. The molecule has 1 amide bonds. The van der Waals surface area contributed by atoms with Gasteiger partial charge in [0.1, 0.15) is 5.60 Å². The number of unbranched alkanes of at least 4 members (excludes halogenated alkanes) is 2. The number of likely N-dealkylation sites (tertiary alicyclic amines) is 1. The van der Waals surface area contributed by atoms with Crippen LogP contribution in [-0.4, -0.2) is 52.4 Å². The topological polar surface area (TPSA) is 64.6 Å². The van der Waals surface area contributed by atoms with Gasteiger partial charge in [0.25, 0.3) is 0 Å². The summed E-state index contributed by atoms with van der Waals surface area (Å²) in [4.78, 5) is 23.6. The van der Waals surface area contributed by atoms with Crippen LogP contribution in [0, 0.1) is 19.8 Å². The van der Waals surface area contributed by atoms with Gasteiger partial charge in [-0.2, -0.15) is 0 Å². The highest BCUT2D eigenvalue weighted by molar-refractivity contribution is 5.68. The Balaban J connectivity index is 1.53. The summed E-state index contributed by atoms with van der Waals surface area (Å²) in [6.45, 7) is 11.7. The quantitative estimate of drug-likeness (QED) is 0.482. The number of aromatic nitrogens is 2. The van der Waals surface area contributed by atoms with E-state index in [9.17, 15) is 4.79 Å². The second-order valence-corrected chi connectivity index (χ2v) is 10.2. The summed E-state index contributed by atoms with van der Waals surface area (Å²) < 4.78 is 11.9. The summed E-state index contributed by atoms with van der Waals surface area (Å²) in [5.41, 5.74) is 3.94. The maximum absolute atomic E-state index is 12.7. The Labute approximate surface area is 198 Å². The molecule has 0 bridgehead atoms. The zero-order valence-corrected chi connectivity index (χ0v) is 20.8. The number of carbonyl (C=O) groups excluding carboxylic acids is 1. The van der Waals surface area contributed by atoms with Crippen molar-refractivity contribution in [3.05, 3.63) is 59.2 Å². The molecule has 1 fully saturated rings. The number of nitrogens with zero attached hydrogens (tertiary/aromatic N) is 3. The van der Waals surface area contributed by atoms with Gasteiger partial charge in [0, 0.05) is 42.3 Å². The number of aryl methyl sites for hydroxylation is 3. The molecule has 1 aliphatic heterocycles. The van der Waals surface area contributed by atoms with Crippen LogP contribution < -0.4 is 0 Å². The van der Waals surface area contributed by atoms with Crippen LogP contribution in [0.15, 0.2) is 36.5 Å². The van der Waals surface area contributed by atoms with Crippen molar-refractivity contribution in [3.63, 3.8) is 0 Å². The normalized spacial score (nSPS) is 18.5. The molecule has 0 N–H and O–H groups in total. The molecule has 180 valence electrons. The van der Waals surface area contributed by atoms with Crippen LogP contribution in [0.5, 0.6) is 0 Å². The summed E-state index contributed by atoms with van der Waals surface area (Å²) >= 11 is 0. The van der Waals surface area contributed by atoms with E-state index in [1.807, 2.05) is 46.0 Å². The van der Waals surface area contributed by atoms with Crippen molar-refractivity contribution < 1.29 is 14.3 Å². The molecule has 0 unspecified atom stereocenters. The minimum atomic E-state index is -0.506. The molecule has 1 saturated heterocycles. The summed E-state index contributed by atoms with van der Waals surface area (Å²) in [6, 6.07) is 10.3. The fourth-order valence-electron chi connectivity index (χ4n) is 4.37. The van der Waals surface area contributed by atoms with Crippen LogP contribution in [0.2, 0.25) is 0 Å². The molecule has 0 radical (unpaired) electrons. The molecule has 2 atom stereocenters. The van der Waals surface area contributed by atoms with E-state index in [-0.39, 0.29) is 18.1 Å². The lowest BCUT2D eigenvalue weighted by molar-refractivity contribution is 0.0171. The number of hydrogen-bond acceptors (Lipinski definition) is 5. The first-order chi connectivity index (χ1) is 15.7. The van der Waals surface area contributed by atoms with Crippen molar-refractivity contribution in [2.75, 3.05) is 19.7 Å². The number of rotatable bonds is 9. The standard InChI is InChI=1S/C27H39N3O3/c1-20-15-21(2)29-24(16-20)17-22-18-30(26(31)33-27(3,4)5)19-25(22)32-14-10-6-7-11-23-12-8-9-13-28-23/h8-9,12-13,15-16,22,25H,6-7,10-11,14,17-19H2,1-5H3/t22-,25+/m1/s1. The Bertz CT molecular complexity index is 875. The van der Waals surface area contributed by atoms with Crippen molar-refractivity contribution in [1.29, 1.82) is 0 Å². The van der Waals surface area contributed by atoms with Gasteiger partial charge in [-0.3, -0.25) is 9.97 Å². The van der Waals surface area contributed by atoms with Crippen molar-refractivity contribution in [3.8, 4) is 0 Å². The van der Waals surface area contributed by atoms with E-state index >= 15 is 0 Å². The van der Waals surface area contributed by atoms with E-state index in [2.05, 4.69) is 30.1 Å². The second-order valence-electron chi connectivity index (χ2n) is 10.2. The van der Waals surface area contributed by atoms with Crippen LogP contribution in [-0.2, 0) is 22.3 Å². The maximum Gasteiger partial charge on any atom is 0.410 e. The van der Waals surface area contributed by atoms with E-state index in [1.54, 1.807) is 4.90 Å². The molecular formula is C27H39N3O3. The van der Waals surface area contributed by atoms with Crippen LogP contribution in [0.25, 0.3) is 0 Å². The molecule has 2 aromatic rings. The Kier molecular flexibility index (Phi) is 8.84. The molecule has 0 spiro atoms. The number of amides is 1. The third kappa shape index (κ3) is 8.43. The zero-order chi connectivity index (χ0) is 23.8. The molecule has 3 heterocycles. The molecule has 6 heteroatoms. The highest BCUT2D eigenvalue weighted by atomic mass is 16.6. The molecule has 0 aliphatic carbocycles. The maximum atomic E-state index is 12.7. The van der Waals surface area contributed by atoms with Gasteiger partial charge in [0.2, 0.25) is 0 Å². The lowest BCUT2D eigenvalue weighted by atomic mass is 9.98. The fourth-order valence-corrected chi connectivity index (χ4v) is 4.37. The third-order valence-corrected chi connectivity index (χ3v) is 5.79. The molecule has 3 rings (SSSR count). The fraction of sp³-hybridized carbons (Fsp3) is 0.593. The lowest BCUT2D eigenvalue weighted by Crippen LogP contribution is -2.36. The van der Waals surface area contributed by atoms with Crippen LogP contribution in [0.4, 0.5) is 4.79 Å². The van der Waals surface area contributed by atoms with E-state index in [0.717, 1.165) is 49.2 Å². The van der Waals surface area contributed by atoms with Crippen molar-refractivity contribution in [1.82, 2.24) is 14.9 Å². The zero-order valence-electron chi connectivity index (χ0n) is 20.8. The van der Waals surface area contributed by atoms with Gasteiger partial charge in [-0.15, -0.1) is 0 Å². The average molecular weight is 454 g/mol. The summed E-state index contributed by atoms with van der Waals surface area (Å²) in [6.07, 6.45) is 6.58. The van der Waals surface area contributed by atoms with Crippen molar-refractivity contribution >= 4 is 6.09 Å². The smallest absolute Gasteiger partial charge is 0.410 e. The second kappa shape index (κ2) is 11.6. The van der Waals surface area contributed by atoms with Gasteiger partial charge in [0.05, 0.1) is 12.6 Å². The lowest BCUT2D eigenvalue weighted by Gasteiger charge is -2.24. The molecule has 33 heavy (non-hydrogen) atoms. The largest absolute Gasteiger partial charge is 0.444 e. The summed E-state index contributed by atoms with van der Waals surface area (Å²) in [5.74, 6) is 0.208. The Morgan fingerprint density at radius 1 is 1.09 bits per heavy atom. The van der Waals surface area contributed by atoms with Crippen molar-refractivity contribution in [2.24, 2.45) is 5.92 Å². The molecule has 6 nitrogen and oxygen atoms in total. The van der Waals surface area contributed by atoms with E-state index < -0.39 is 5.60 Å². The Hall–Kier alpha value is -2.47. The highest BCUT2D eigenvalue weighted by Gasteiger charge is 2.38. The Morgan fingerprint density at radius 2 is 1.91 bits per heavy atom. The molecule has 2 aromatic heterocycles. The van der Waals surface area contributed by atoms with Gasteiger partial charge in [-0.25, -0.2) is 4.79 Å². The van der Waals surface area contributed by atoms with E-state index in [1.165, 1.54) is 5.56 Å². The van der Waals surface area contributed by atoms with Gasteiger partial charge >= 0.3 is 6.09 Å². The van der Waals surface area contributed by atoms with Gasteiger partial charge in [-0.1, -0.05) is 12.5 Å². The predicted octanol–water partition coefficient (Wildman–Crippen LogP) is 5.30. The Morgan fingerprint density at radius 3 is 2.61 bits per heavy atom.